The van der Waals surface area contributed by atoms with Crippen LogP contribution in [-0.4, -0.2) is 5.78 Å². The lowest BCUT2D eigenvalue weighted by molar-refractivity contribution is 0.103. The van der Waals surface area contributed by atoms with Crippen LogP contribution in [0.15, 0.2) is 42.5 Å². The molecule has 0 heterocycles. The zero-order valence-electron chi connectivity index (χ0n) is 12.3. The van der Waals surface area contributed by atoms with Crippen LogP contribution < -0.4 is 0 Å². The summed E-state index contributed by atoms with van der Waals surface area (Å²) in [5.74, 6) is 0.0959. The molecule has 2 heteroatoms. The van der Waals surface area contributed by atoms with Crippen molar-refractivity contribution in [3.05, 3.63) is 68.3 Å². The van der Waals surface area contributed by atoms with Crippen molar-refractivity contribution in [3.63, 3.8) is 0 Å². The van der Waals surface area contributed by atoms with Gasteiger partial charge in [-0.2, -0.15) is 0 Å². The van der Waals surface area contributed by atoms with E-state index in [0.29, 0.717) is 0 Å². The third kappa shape index (κ3) is 3.11. The summed E-state index contributed by atoms with van der Waals surface area (Å²) >= 11 is 2.25. The van der Waals surface area contributed by atoms with Gasteiger partial charge in [0, 0.05) is 14.7 Å². The fraction of sp³-hybridized carbons (Fsp3) is 0.278. The average Bonchev–Trinajstić information content (AvgIpc) is 2.40. The first-order chi connectivity index (χ1) is 9.30. The second-order valence-electron chi connectivity index (χ2n) is 6.09. The lowest BCUT2D eigenvalue weighted by Gasteiger charge is -2.19. The van der Waals surface area contributed by atoms with Gasteiger partial charge in [0.2, 0.25) is 0 Å². The summed E-state index contributed by atoms with van der Waals surface area (Å²) in [6, 6.07) is 13.8. The second-order valence-corrected chi connectivity index (χ2v) is 7.17. The van der Waals surface area contributed by atoms with Gasteiger partial charge in [0.1, 0.15) is 0 Å². The summed E-state index contributed by atoms with van der Waals surface area (Å²) in [6.45, 7) is 8.55. The summed E-state index contributed by atoms with van der Waals surface area (Å²) in [7, 11) is 0. The molecule has 2 aromatic carbocycles. The van der Waals surface area contributed by atoms with Gasteiger partial charge in [0.15, 0.2) is 5.78 Å². The zero-order chi connectivity index (χ0) is 14.9. The molecule has 0 aliphatic heterocycles. The average molecular weight is 378 g/mol. The highest BCUT2D eigenvalue weighted by molar-refractivity contribution is 14.1. The number of ketones is 1. The zero-order valence-corrected chi connectivity index (χ0v) is 14.5. The Morgan fingerprint density at radius 2 is 1.60 bits per heavy atom. The first kappa shape index (κ1) is 15.2. The first-order valence-corrected chi connectivity index (χ1v) is 7.79. The number of hydrogen-bond donors (Lipinski definition) is 0. The topological polar surface area (TPSA) is 17.1 Å². The van der Waals surface area contributed by atoms with Gasteiger partial charge in [-0.15, -0.1) is 0 Å². The molecule has 0 atom stereocenters. The van der Waals surface area contributed by atoms with Gasteiger partial charge in [-0.25, -0.2) is 0 Å². The van der Waals surface area contributed by atoms with E-state index < -0.39 is 0 Å². The maximum atomic E-state index is 12.6. The Labute approximate surface area is 134 Å². The fourth-order valence-corrected chi connectivity index (χ4v) is 2.70. The molecule has 0 saturated heterocycles. The molecule has 0 unspecified atom stereocenters. The van der Waals surface area contributed by atoms with Crippen molar-refractivity contribution in [2.24, 2.45) is 0 Å². The minimum absolute atomic E-state index is 0.0959. The molecule has 0 aliphatic rings. The quantitative estimate of drug-likeness (QED) is 0.523. The van der Waals surface area contributed by atoms with Gasteiger partial charge in [-0.3, -0.25) is 4.79 Å². The summed E-state index contributed by atoms with van der Waals surface area (Å²) < 4.78 is 1.04. The molecule has 0 aliphatic carbocycles. The number of benzene rings is 2. The summed E-state index contributed by atoms with van der Waals surface area (Å²) in [6.07, 6.45) is 0. The van der Waals surface area contributed by atoms with Gasteiger partial charge in [0.25, 0.3) is 0 Å². The number of carbonyl (C=O) groups is 1. The maximum absolute atomic E-state index is 12.6. The van der Waals surface area contributed by atoms with E-state index in [2.05, 4.69) is 55.5 Å². The predicted octanol–water partition coefficient (Wildman–Crippen LogP) is 5.13. The van der Waals surface area contributed by atoms with Crippen LogP contribution in [0.1, 0.15) is 47.8 Å². The highest BCUT2D eigenvalue weighted by Crippen LogP contribution is 2.24. The molecular weight excluding hydrogens is 359 g/mol. The molecule has 2 aromatic rings. The number of hydrogen-bond acceptors (Lipinski definition) is 1. The monoisotopic (exact) mass is 378 g/mol. The lowest BCUT2D eigenvalue weighted by Crippen LogP contribution is -2.11. The molecule has 0 aromatic heterocycles. The normalized spacial score (nSPS) is 11.4. The van der Waals surface area contributed by atoms with Crippen molar-refractivity contribution in [2.45, 2.75) is 33.1 Å². The molecule has 0 saturated carbocycles. The van der Waals surface area contributed by atoms with Crippen LogP contribution in [0.4, 0.5) is 0 Å². The van der Waals surface area contributed by atoms with Gasteiger partial charge in [0.05, 0.1) is 0 Å². The Balaban J connectivity index is 2.37. The number of carbonyl (C=O) groups excluding carboxylic acids is 1. The Hall–Kier alpha value is -1.16. The summed E-state index contributed by atoms with van der Waals surface area (Å²) in [4.78, 5) is 12.6. The van der Waals surface area contributed by atoms with Crippen molar-refractivity contribution in [1.29, 1.82) is 0 Å². The van der Waals surface area contributed by atoms with Crippen LogP contribution in [0, 0.1) is 10.5 Å². The van der Waals surface area contributed by atoms with Crippen LogP contribution in [0.5, 0.6) is 0 Å². The summed E-state index contributed by atoms with van der Waals surface area (Å²) in [5.41, 5.74) is 4.03. The molecule has 0 bridgehead atoms. The van der Waals surface area contributed by atoms with Crippen LogP contribution in [0.25, 0.3) is 0 Å². The predicted molar refractivity (Wildman–Crippen MR) is 92.5 cm³/mol. The van der Waals surface area contributed by atoms with Crippen molar-refractivity contribution in [2.75, 3.05) is 0 Å². The lowest BCUT2D eigenvalue weighted by atomic mass is 9.86. The number of halogens is 1. The van der Waals surface area contributed by atoms with E-state index in [1.165, 1.54) is 5.56 Å². The van der Waals surface area contributed by atoms with Gasteiger partial charge < -0.3 is 0 Å². The van der Waals surface area contributed by atoms with Crippen molar-refractivity contribution in [1.82, 2.24) is 0 Å². The third-order valence-electron chi connectivity index (χ3n) is 3.45. The van der Waals surface area contributed by atoms with Crippen LogP contribution in [0.3, 0.4) is 0 Å². The third-order valence-corrected chi connectivity index (χ3v) is 4.88. The highest BCUT2D eigenvalue weighted by atomic mass is 127. The van der Waals surface area contributed by atoms with Crippen LogP contribution in [0.2, 0.25) is 0 Å². The highest BCUT2D eigenvalue weighted by Gasteiger charge is 2.16. The smallest absolute Gasteiger partial charge is 0.194 e. The van der Waals surface area contributed by atoms with Gasteiger partial charge in [-0.1, -0.05) is 57.2 Å². The Kier molecular flexibility index (Phi) is 4.33. The van der Waals surface area contributed by atoms with E-state index in [4.69, 9.17) is 0 Å². The van der Waals surface area contributed by atoms with E-state index >= 15 is 0 Å². The molecule has 20 heavy (non-hydrogen) atoms. The molecule has 0 spiro atoms. The van der Waals surface area contributed by atoms with Gasteiger partial charge >= 0.3 is 0 Å². The minimum Gasteiger partial charge on any atom is -0.289 e. The first-order valence-electron chi connectivity index (χ1n) is 6.71. The molecule has 0 N–H and O–H groups in total. The van der Waals surface area contributed by atoms with E-state index in [1.807, 2.05) is 37.3 Å². The van der Waals surface area contributed by atoms with Gasteiger partial charge in [-0.05, 0) is 52.1 Å². The Morgan fingerprint density at radius 1 is 1.00 bits per heavy atom. The fourth-order valence-electron chi connectivity index (χ4n) is 2.10. The Morgan fingerprint density at radius 3 is 2.15 bits per heavy atom. The standard InChI is InChI=1S/C18H19IO/c1-12-6-5-7-15(16(12)19)17(20)13-8-10-14(11-9-13)18(2,3)4/h5-11H,1-4H3. The van der Waals surface area contributed by atoms with E-state index in [9.17, 15) is 4.79 Å². The van der Waals surface area contributed by atoms with Crippen molar-refractivity contribution in [3.8, 4) is 0 Å². The number of rotatable bonds is 2. The van der Waals surface area contributed by atoms with Crippen molar-refractivity contribution >= 4 is 28.4 Å². The molecule has 1 nitrogen and oxygen atoms in total. The maximum Gasteiger partial charge on any atom is 0.194 e. The molecule has 0 amide bonds. The Bertz CT molecular complexity index is 633. The largest absolute Gasteiger partial charge is 0.289 e. The number of aryl methyl sites for hydroxylation is 1. The van der Waals surface area contributed by atoms with E-state index in [0.717, 1.165) is 20.3 Å². The minimum atomic E-state index is 0.0959. The molecule has 104 valence electrons. The van der Waals surface area contributed by atoms with E-state index in [-0.39, 0.29) is 11.2 Å². The molecule has 2 rings (SSSR count). The molecular formula is C18H19IO. The summed E-state index contributed by atoms with van der Waals surface area (Å²) in [5, 5.41) is 0. The molecule has 0 fully saturated rings. The van der Waals surface area contributed by atoms with Crippen molar-refractivity contribution < 1.29 is 4.79 Å². The van der Waals surface area contributed by atoms with Crippen LogP contribution in [-0.2, 0) is 5.41 Å². The molecule has 0 radical (unpaired) electrons. The second kappa shape index (κ2) is 5.68. The van der Waals surface area contributed by atoms with Crippen LogP contribution >= 0.6 is 22.6 Å². The van der Waals surface area contributed by atoms with E-state index in [1.54, 1.807) is 0 Å². The SMILES string of the molecule is Cc1cccc(C(=O)c2ccc(C(C)(C)C)cc2)c1I.